The number of primary amides is 1. The summed E-state index contributed by atoms with van der Waals surface area (Å²) in [7, 11) is -3.80. The van der Waals surface area contributed by atoms with E-state index in [1.165, 1.54) is 18.0 Å². The van der Waals surface area contributed by atoms with Crippen LogP contribution >= 0.6 is 49.7 Å². The largest absolute Gasteiger partial charge is 0.369 e. The SMILES string of the molecule is CP(=O)(OPCl)C(C(N)=O)c1csc2ccc(Cl)cc12. The predicted molar refractivity (Wildman–Crippen MR) is 87.6 cm³/mol. The van der Waals surface area contributed by atoms with E-state index in [9.17, 15) is 9.36 Å². The Morgan fingerprint density at radius 3 is 2.85 bits per heavy atom. The number of carbonyl (C=O) groups is 1. The highest BCUT2D eigenvalue weighted by atomic mass is 35.7. The Bertz CT molecular complexity index is 706. The number of fused-ring (bicyclic) bond motifs is 1. The third-order valence-electron chi connectivity index (χ3n) is 2.81. The van der Waals surface area contributed by atoms with Crippen molar-refractivity contribution >= 4 is 65.7 Å². The van der Waals surface area contributed by atoms with Crippen LogP contribution in [0.25, 0.3) is 10.1 Å². The van der Waals surface area contributed by atoms with Gasteiger partial charge in [0.2, 0.25) is 13.3 Å². The molecule has 1 amide bonds. The van der Waals surface area contributed by atoms with Crippen LogP contribution in [0.4, 0.5) is 0 Å². The van der Waals surface area contributed by atoms with Gasteiger partial charge in [0.05, 0.1) is 0 Å². The van der Waals surface area contributed by atoms with E-state index >= 15 is 0 Å². The monoisotopic (exact) mass is 369 g/mol. The molecule has 2 aromatic rings. The molecule has 0 fully saturated rings. The predicted octanol–water partition coefficient (Wildman–Crippen LogP) is 4.75. The van der Waals surface area contributed by atoms with Crippen molar-refractivity contribution < 1.29 is 13.7 Å². The average molecular weight is 370 g/mol. The van der Waals surface area contributed by atoms with E-state index in [1.807, 2.05) is 6.07 Å². The Balaban J connectivity index is 2.61. The van der Waals surface area contributed by atoms with Gasteiger partial charge in [-0.2, -0.15) is 0 Å². The van der Waals surface area contributed by atoms with Crippen LogP contribution in [0.1, 0.15) is 11.2 Å². The summed E-state index contributed by atoms with van der Waals surface area (Å²) in [6.45, 7) is 1.37. The first kappa shape index (κ1) is 16.2. The molecule has 9 heteroatoms. The van der Waals surface area contributed by atoms with E-state index < -0.39 is 27.1 Å². The summed E-state index contributed by atoms with van der Waals surface area (Å²) in [6, 6.07) is 5.32. The Morgan fingerprint density at radius 1 is 1.55 bits per heavy atom. The van der Waals surface area contributed by atoms with E-state index in [0.29, 0.717) is 10.6 Å². The smallest absolute Gasteiger partial charge is 0.234 e. The van der Waals surface area contributed by atoms with E-state index in [4.69, 9.17) is 32.9 Å². The molecule has 108 valence electrons. The first-order valence-electron chi connectivity index (χ1n) is 5.44. The third-order valence-corrected chi connectivity index (χ3v) is 7.85. The fourth-order valence-corrected chi connectivity index (χ4v) is 6.62. The molecule has 0 aliphatic heterocycles. The van der Waals surface area contributed by atoms with Crippen molar-refractivity contribution in [2.45, 2.75) is 5.66 Å². The molecule has 0 saturated heterocycles. The van der Waals surface area contributed by atoms with Gasteiger partial charge in [0.15, 0.2) is 0 Å². The number of hydrogen-bond donors (Lipinski definition) is 1. The number of halogens is 2. The summed E-state index contributed by atoms with van der Waals surface area (Å²) in [5, 5.41) is 3.05. The van der Waals surface area contributed by atoms with Crippen LogP contribution in [0.5, 0.6) is 0 Å². The van der Waals surface area contributed by atoms with Crippen LogP contribution in [-0.4, -0.2) is 12.6 Å². The molecule has 0 spiro atoms. The quantitative estimate of drug-likeness (QED) is 0.772. The molecule has 3 atom stereocenters. The Morgan fingerprint density at radius 2 is 2.25 bits per heavy atom. The van der Waals surface area contributed by atoms with Gasteiger partial charge < -0.3 is 5.73 Å². The number of carbonyl (C=O) groups excluding carboxylic acids is 1. The Labute approximate surface area is 131 Å². The van der Waals surface area contributed by atoms with Crippen LogP contribution in [-0.2, 0) is 13.7 Å². The maximum absolute atomic E-state index is 12.6. The van der Waals surface area contributed by atoms with Gasteiger partial charge in [-0.1, -0.05) is 22.8 Å². The van der Waals surface area contributed by atoms with Crippen LogP contribution in [0.15, 0.2) is 23.6 Å². The molecule has 20 heavy (non-hydrogen) atoms. The molecule has 2 N–H and O–H groups in total. The molecule has 0 saturated carbocycles. The zero-order valence-corrected chi connectivity index (χ0v) is 14.5. The summed E-state index contributed by atoms with van der Waals surface area (Å²) in [5.74, 6) is -0.703. The highest BCUT2D eigenvalue weighted by molar-refractivity contribution is 7.74. The number of nitrogens with two attached hydrogens (primary N) is 1. The lowest BCUT2D eigenvalue weighted by Crippen LogP contribution is -2.21. The van der Waals surface area contributed by atoms with Gasteiger partial charge in [0, 0.05) is 16.4 Å². The maximum atomic E-state index is 12.6. The lowest BCUT2D eigenvalue weighted by molar-refractivity contribution is -0.117. The van der Waals surface area contributed by atoms with Crippen LogP contribution in [0.3, 0.4) is 0 Å². The minimum Gasteiger partial charge on any atom is -0.369 e. The molecule has 1 aromatic heterocycles. The van der Waals surface area contributed by atoms with Gasteiger partial charge in [-0.25, -0.2) is 0 Å². The fraction of sp³-hybridized carbons (Fsp3) is 0.182. The zero-order valence-electron chi connectivity index (χ0n) is 10.3. The Kier molecular flexibility index (Phi) is 5.12. The number of benzene rings is 1. The van der Waals surface area contributed by atoms with Crippen molar-refractivity contribution in [3.63, 3.8) is 0 Å². The van der Waals surface area contributed by atoms with Crippen LogP contribution < -0.4 is 5.73 Å². The minimum absolute atomic E-state index is 0.498. The van der Waals surface area contributed by atoms with Crippen molar-refractivity contribution in [1.29, 1.82) is 0 Å². The molecular weight excluding hydrogens is 359 g/mol. The van der Waals surface area contributed by atoms with Gasteiger partial charge in [0.25, 0.3) is 0 Å². The summed E-state index contributed by atoms with van der Waals surface area (Å²) >= 11 is 12.9. The van der Waals surface area contributed by atoms with Gasteiger partial charge in [-0.3, -0.25) is 13.7 Å². The molecule has 3 unspecified atom stereocenters. The molecule has 0 bridgehead atoms. The lowest BCUT2D eigenvalue weighted by Gasteiger charge is -2.20. The second kappa shape index (κ2) is 6.31. The fourth-order valence-electron chi connectivity index (χ4n) is 1.99. The molecular formula is C11H11Cl2NO3P2S. The van der Waals surface area contributed by atoms with Gasteiger partial charge in [-0.15, -0.1) is 11.3 Å². The van der Waals surface area contributed by atoms with Gasteiger partial charge in [0.1, 0.15) is 13.8 Å². The number of thiophene rings is 1. The molecule has 1 aromatic carbocycles. The normalized spacial score (nSPS) is 16.6. The van der Waals surface area contributed by atoms with E-state index in [-0.39, 0.29) is 0 Å². The number of hydrogen-bond acceptors (Lipinski definition) is 4. The van der Waals surface area contributed by atoms with Crippen molar-refractivity contribution in [1.82, 2.24) is 0 Å². The van der Waals surface area contributed by atoms with Crippen molar-refractivity contribution in [2.24, 2.45) is 5.73 Å². The molecule has 0 radical (unpaired) electrons. The zero-order chi connectivity index (χ0) is 14.9. The maximum Gasteiger partial charge on any atom is 0.234 e. The van der Waals surface area contributed by atoms with E-state index in [0.717, 1.165) is 10.1 Å². The Hall–Kier alpha value is -0.150. The van der Waals surface area contributed by atoms with Gasteiger partial charge in [-0.05, 0) is 34.5 Å². The highest BCUT2D eigenvalue weighted by Gasteiger charge is 2.37. The van der Waals surface area contributed by atoms with E-state index in [1.54, 1.807) is 17.5 Å². The molecule has 0 aliphatic rings. The molecule has 1 heterocycles. The van der Waals surface area contributed by atoms with Crippen molar-refractivity contribution in [3.8, 4) is 0 Å². The first-order chi connectivity index (χ1) is 9.36. The molecule has 2 rings (SSSR count). The molecule has 4 nitrogen and oxygen atoms in total. The standard InChI is InChI=1S/C11H11Cl2NO3P2S/c1-19(16,17-18-13)10(11(14)15)8-5-20-9-3-2-6(12)4-7(8)9/h2-5,10,18H,1H3,(H2,14,15). The second-order valence-electron chi connectivity index (χ2n) is 4.21. The summed E-state index contributed by atoms with van der Waals surface area (Å²) in [6.07, 6.45) is 0. The molecule has 0 aliphatic carbocycles. The topological polar surface area (TPSA) is 69.4 Å². The number of rotatable bonds is 5. The first-order valence-corrected chi connectivity index (χ1v) is 10.8. The van der Waals surface area contributed by atoms with Crippen LogP contribution in [0, 0.1) is 0 Å². The average Bonchev–Trinajstić information content (AvgIpc) is 2.71. The van der Waals surface area contributed by atoms with Crippen molar-refractivity contribution in [3.05, 3.63) is 34.2 Å². The highest BCUT2D eigenvalue weighted by Crippen LogP contribution is 2.62. The van der Waals surface area contributed by atoms with Gasteiger partial charge >= 0.3 is 0 Å². The number of amides is 1. The van der Waals surface area contributed by atoms with E-state index in [2.05, 4.69) is 0 Å². The summed E-state index contributed by atoms with van der Waals surface area (Å²) in [4.78, 5) is 11.7. The lowest BCUT2D eigenvalue weighted by atomic mass is 10.1. The summed E-state index contributed by atoms with van der Waals surface area (Å²) in [5.41, 5.74) is 4.96. The van der Waals surface area contributed by atoms with Crippen LogP contribution in [0.2, 0.25) is 5.02 Å². The second-order valence-corrected chi connectivity index (χ2v) is 9.24. The summed E-state index contributed by atoms with van der Waals surface area (Å²) < 4.78 is 18.6. The minimum atomic E-state index is -3.30. The van der Waals surface area contributed by atoms with Crippen molar-refractivity contribution in [2.75, 3.05) is 6.66 Å². The third kappa shape index (κ3) is 3.19.